The summed E-state index contributed by atoms with van der Waals surface area (Å²) in [6, 6.07) is 19.9. The molecule has 2 aromatic rings. The molecule has 27 heavy (non-hydrogen) atoms. The molecule has 1 saturated carbocycles. The molecular weight excluding hydrogens is 406 g/mol. The lowest BCUT2D eigenvalue weighted by Crippen LogP contribution is -2.33. The van der Waals surface area contributed by atoms with E-state index in [0.717, 1.165) is 34.9 Å². The molecular formula is C22H24BrNO3. The number of hydrogen-bond donors (Lipinski definition) is 1. The van der Waals surface area contributed by atoms with Crippen molar-refractivity contribution < 1.29 is 14.3 Å². The zero-order chi connectivity index (χ0) is 18.9. The van der Waals surface area contributed by atoms with Gasteiger partial charge in [0.25, 0.3) is 0 Å². The first-order chi connectivity index (χ1) is 13.2. The minimum atomic E-state index is -0.366. The zero-order valence-electron chi connectivity index (χ0n) is 15.1. The van der Waals surface area contributed by atoms with Crippen LogP contribution in [-0.2, 0) is 16.1 Å². The summed E-state index contributed by atoms with van der Waals surface area (Å²) in [5, 5.41) is 2.94. The Bertz CT molecular complexity index is 749. The molecule has 2 aromatic carbocycles. The minimum absolute atomic E-state index is 0.107. The van der Waals surface area contributed by atoms with Crippen LogP contribution in [0, 0.1) is 0 Å². The van der Waals surface area contributed by atoms with Gasteiger partial charge in [0.05, 0.1) is 12.7 Å². The van der Waals surface area contributed by atoms with Crippen LogP contribution < -0.4 is 5.32 Å². The van der Waals surface area contributed by atoms with Crippen LogP contribution in [0.15, 0.2) is 65.1 Å². The number of halogens is 1. The molecule has 0 heterocycles. The SMILES string of the molecule is O=C(NC1CCC(OC/C(Br)=C/c2ccccc2)C1)OCc1ccccc1. The van der Waals surface area contributed by atoms with Crippen molar-refractivity contribution >= 4 is 28.1 Å². The van der Waals surface area contributed by atoms with Crippen LogP contribution in [0.1, 0.15) is 30.4 Å². The lowest BCUT2D eigenvalue weighted by molar-refractivity contribution is 0.0767. The Balaban J connectivity index is 1.36. The second-order valence-corrected chi connectivity index (χ2v) is 7.67. The number of carbonyl (C=O) groups excluding carboxylic acids is 1. The van der Waals surface area contributed by atoms with Gasteiger partial charge >= 0.3 is 6.09 Å². The van der Waals surface area contributed by atoms with Crippen molar-refractivity contribution in [1.29, 1.82) is 0 Å². The van der Waals surface area contributed by atoms with Crippen LogP contribution in [0.25, 0.3) is 6.08 Å². The highest BCUT2D eigenvalue weighted by atomic mass is 79.9. The first kappa shape index (κ1) is 19.6. The molecule has 0 aromatic heterocycles. The van der Waals surface area contributed by atoms with Crippen LogP contribution in [0.3, 0.4) is 0 Å². The summed E-state index contributed by atoms with van der Waals surface area (Å²) in [4.78, 5) is 12.0. The van der Waals surface area contributed by atoms with Crippen molar-refractivity contribution in [2.45, 2.75) is 38.0 Å². The Hall–Kier alpha value is -2.11. The highest BCUT2D eigenvalue weighted by Crippen LogP contribution is 2.24. The van der Waals surface area contributed by atoms with Crippen LogP contribution in [-0.4, -0.2) is 24.8 Å². The van der Waals surface area contributed by atoms with Crippen molar-refractivity contribution in [3.05, 3.63) is 76.3 Å². The van der Waals surface area contributed by atoms with E-state index in [9.17, 15) is 4.79 Å². The normalized spacial score (nSPS) is 19.7. The summed E-state index contributed by atoms with van der Waals surface area (Å²) in [5.41, 5.74) is 2.12. The zero-order valence-corrected chi connectivity index (χ0v) is 16.7. The Morgan fingerprint density at radius 3 is 2.52 bits per heavy atom. The summed E-state index contributed by atoms with van der Waals surface area (Å²) in [5.74, 6) is 0. The third-order valence-corrected chi connectivity index (χ3v) is 4.96. The van der Waals surface area contributed by atoms with E-state index in [4.69, 9.17) is 9.47 Å². The average molecular weight is 430 g/mol. The molecule has 0 saturated heterocycles. The van der Waals surface area contributed by atoms with Crippen LogP contribution in [0.4, 0.5) is 4.79 Å². The van der Waals surface area contributed by atoms with Gasteiger partial charge in [0.1, 0.15) is 6.61 Å². The van der Waals surface area contributed by atoms with Gasteiger partial charge in [0, 0.05) is 10.5 Å². The third-order valence-electron chi connectivity index (χ3n) is 4.50. The number of benzene rings is 2. The molecule has 1 amide bonds. The quantitative estimate of drug-likeness (QED) is 0.650. The lowest BCUT2D eigenvalue weighted by Gasteiger charge is -2.14. The van der Waals surface area contributed by atoms with Gasteiger partial charge in [0.2, 0.25) is 0 Å². The topological polar surface area (TPSA) is 47.6 Å². The molecule has 1 aliphatic rings. The first-order valence-electron chi connectivity index (χ1n) is 9.19. The van der Waals surface area contributed by atoms with Gasteiger partial charge in [-0.25, -0.2) is 4.79 Å². The predicted molar refractivity (Wildman–Crippen MR) is 110 cm³/mol. The molecule has 5 heteroatoms. The highest BCUT2D eigenvalue weighted by molar-refractivity contribution is 9.11. The van der Waals surface area contributed by atoms with Gasteiger partial charge in [-0.3, -0.25) is 0 Å². The largest absolute Gasteiger partial charge is 0.445 e. The van der Waals surface area contributed by atoms with E-state index in [-0.39, 0.29) is 24.8 Å². The standard InChI is InChI=1S/C22H24BrNO3/c23-19(13-17-7-3-1-4-8-17)16-26-21-12-11-20(14-21)24-22(25)27-15-18-9-5-2-6-10-18/h1-10,13,20-21H,11-12,14-16H2,(H,24,25)/b19-13-. The van der Waals surface area contributed by atoms with E-state index in [0.29, 0.717) is 6.61 Å². The van der Waals surface area contributed by atoms with Crippen LogP contribution in [0.2, 0.25) is 0 Å². The fourth-order valence-corrected chi connectivity index (χ4v) is 3.52. The summed E-state index contributed by atoms with van der Waals surface area (Å²) in [6.45, 7) is 0.821. The number of hydrogen-bond acceptors (Lipinski definition) is 3. The Morgan fingerprint density at radius 2 is 1.78 bits per heavy atom. The average Bonchev–Trinajstić information content (AvgIpc) is 3.14. The summed E-state index contributed by atoms with van der Waals surface area (Å²) >= 11 is 3.57. The lowest BCUT2D eigenvalue weighted by atomic mass is 10.2. The fraction of sp³-hybridized carbons (Fsp3) is 0.318. The molecule has 0 aliphatic heterocycles. The molecule has 1 aliphatic carbocycles. The van der Waals surface area contributed by atoms with E-state index in [2.05, 4.69) is 39.5 Å². The number of carbonyl (C=O) groups is 1. The van der Waals surface area contributed by atoms with E-state index >= 15 is 0 Å². The Labute approximate surface area is 168 Å². The monoisotopic (exact) mass is 429 g/mol. The number of rotatable bonds is 7. The molecule has 142 valence electrons. The van der Waals surface area contributed by atoms with Gasteiger partial charge in [-0.1, -0.05) is 76.6 Å². The van der Waals surface area contributed by atoms with Gasteiger partial charge in [-0.05, 0) is 36.5 Å². The molecule has 0 radical (unpaired) electrons. The number of amides is 1. The molecule has 2 unspecified atom stereocenters. The molecule has 1 N–H and O–H groups in total. The number of ether oxygens (including phenoxy) is 2. The van der Waals surface area contributed by atoms with E-state index in [1.807, 2.05) is 48.5 Å². The van der Waals surface area contributed by atoms with Crippen molar-refractivity contribution in [3.8, 4) is 0 Å². The van der Waals surface area contributed by atoms with Crippen LogP contribution >= 0.6 is 15.9 Å². The maximum absolute atomic E-state index is 12.0. The van der Waals surface area contributed by atoms with E-state index in [1.165, 1.54) is 0 Å². The van der Waals surface area contributed by atoms with Crippen molar-refractivity contribution in [1.82, 2.24) is 5.32 Å². The third kappa shape index (κ3) is 6.85. The molecule has 0 bridgehead atoms. The van der Waals surface area contributed by atoms with Gasteiger partial charge in [-0.15, -0.1) is 0 Å². The second-order valence-electron chi connectivity index (χ2n) is 6.65. The summed E-state index contributed by atoms with van der Waals surface area (Å²) < 4.78 is 12.3. The maximum Gasteiger partial charge on any atom is 0.407 e. The molecule has 1 fully saturated rings. The maximum atomic E-state index is 12.0. The number of nitrogens with one attached hydrogen (secondary N) is 1. The summed E-state index contributed by atoms with van der Waals surface area (Å²) in [7, 11) is 0. The van der Waals surface area contributed by atoms with Gasteiger partial charge in [-0.2, -0.15) is 0 Å². The van der Waals surface area contributed by atoms with Crippen LogP contribution in [0.5, 0.6) is 0 Å². The molecule has 3 rings (SSSR count). The van der Waals surface area contributed by atoms with Crippen molar-refractivity contribution in [2.24, 2.45) is 0 Å². The summed E-state index contributed by atoms with van der Waals surface area (Å²) in [6.07, 6.45) is 4.51. The van der Waals surface area contributed by atoms with Crippen molar-refractivity contribution in [3.63, 3.8) is 0 Å². The first-order valence-corrected chi connectivity index (χ1v) is 9.98. The van der Waals surface area contributed by atoms with Gasteiger partial charge < -0.3 is 14.8 Å². The number of alkyl carbamates (subject to hydrolysis) is 1. The molecule has 4 nitrogen and oxygen atoms in total. The fourth-order valence-electron chi connectivity index (χ4n) is 3.12. The minimum Gasteiger partial charge on any atom is -0.445 e. The van der Waals surface area contributed by atoms with Crippen molar-refractivity contribution in [2.75, 3.05) is 6.61 Å². The Morgan fingerprint density at radius 1 is 1.07 bits per heavy atom. The van der Waals surface area contributed by atoms with Gasteiger partial charge in [0.15, 0.2) is 0 Å². The smallest absolute Gasteiger partial charge is 0.407 e. The van der Waals surface area contributed by atoms with E-state index < -0.39 is 0 Å². The molecule has 2 atom stereocenters. The molecule has 0 spiro atoms. The Kier molecular flexibility index (Phi) is 7.48. The van der Waals surface area contributed by atoms with E-state index in [1.54, 1.807) is 0 Å². The second kappa shape index (κ2) is 10.3. The predicted octanol–water partition coefficient (Wildman–Crippen LogP) is 5.29. The highest BCUT2D eigenvalue weighted by Gasteiger charge is 2.27.